The number of pyridine rings is 1. The minimum atomic E-state index is -0.103. The number of phenolic OH excluding ortho intramolecular Hbond substituents is 1. The number of phenols is 1. The van der Waals surface area contributed by atoms with Gasteiger partial charge in [0.25, 0.3) is 0 Å². The highest BCUT2D eigenvalue weighted by Crippen LogP contribution is 2.33. The van der Waals surface area contributed by atoms with E-state index in [1.165, 1.54) is 0 Å². The van der Waals surface area contributed by atoms with Crippen molar-refractivity contribution in [3.8, 4) is 5.75 Å². The highest BCUT2D eigenvalue weighted by atomic mass is 16.3. The second kappa shape index (κ2) is 4.84. The average molecular weight is 253 g/mol. The fourth-order valence-electron chi connectivity index (χ4n) is 2.73. The minimum absolute atomic E-state index is 0.103. The van der Waals surface area contributed by atoms with E-state index in [1.807, 2.05) is 24.4 Å². The Kier molecular flexibility index (Phi) is 3.03. The lowest BCUT2D eigenvalue weighted by atomic mass is 9.79. The fraction of sp³-hybridized carbons (Fsp3) is 0.250. The maximum Gasteiger partial charge on any atom is 0.141 e. The van der Waals surface area contributed by atoms with Crippen LogP contribution in [0.1, 0.15) is 29.0 Å². The van der Waals surface area contributed by atoms with Gasteiger partial charge in [-0.15, -0.1) is 0 Å². The van der Waals surface area contributed by atoms with Gasteiger partial charge in [-0.05, 0) is 47.7 Å². The molecule has 1 unspecified atom stereocenters. The predicted octanol–water partition coefficient (Wildman–Crippen LogP) is 2.63. The second-order valence-electron chi connectivity index (χ2n) is 4.97. The molecule has 96 valence electrons. The summed E-state index contributed by atoms with van der Waals surface area (Å²) in [5, 5.41) is 9.54. The molecule has 1 aromatic carbocycles. The van der Waals surface area contributed by atoms with Crippen molar-refractivity contribution in [2.45, 2.75) is 25.2 Å². The van der Waals surface area contributed by atoms with Crippen molar-refractivity contribution in [2.24, 2.45) is 0 Å². The van der Waals surface area contributed by atoms with Gasteiger partial charge in [0.05, 0.1) is 0 Å². The summed E-state index contributed by atoms with van der Waals surface area (Å²) in [6, 6.07) is 9.20. The lowest BCUT2D eigenvalue weighted by Crippen LogP contribution is -2.22. The van der Waals surface area contributed by atoms with Crippen LogP contribution in [0.25, 0.3) is 0 Å². The summed E-state index contributed by atoms with van der Waals surface area (Å²) >= 11 is 0. The van der Waals surface area contributed by atoms with E-state index in [9.17, 15) is 9.90 Å². The van der Waals surface area contributed by atoms with Crippen molar-refractivity contribution in [1.82, 2.24) is 4.98 Å². The first-order valence-electron chi connectivity index (χ1n) is 6.47. The maximum atomic E-state index is 12.2. The number of aromatic nitrogens is 1. The molecule has 0 bridgehead atoms. The molecule has 2 aromatic rings. The van der Waals surface area contributed by atoms with Crippen LogP contribution >= 0.6 is 0 Å². The topological polar surface area (TPSA) is 50.2 Å². The number of fused-ring (bicyclic) bond motifs is 1. The number of hydrogen-bond acceptors (Lipinski definition) is 3. The average Bonchev–Trinajstić information content (AvgIpc) is 2.43. The molecule has 1 heterocycles. The van der Waals surface area contributed by atoms with Gasteiger partial charge in [-0.1, -0.05) is 12.1 Å². The van der Waals surface area contributed by atoms with E-state index >= 15 is 0 Å². The van der Waals surface area contributed by atoms with Gasteiger partial charge in [0.1, 0.15) is 11.5 Å². The number of aryl methyl sites for hydroxylation is 1. The summed E-state index contributed by atoms with van der Waals surface area (Å²) in [4.78, 5) is 16.3. The van der Waals surface area contributed by atoms with Gasteiger partial charge < -0.3 is 5.11 Å². The zero-order valence-corrected chi connectivity index (χ0v) is 10.5. The summed E-state index contributed by atoms with van der Waals surface area (Å²) in [6.07, 6.45) is 5.51. The van der Waals surface area contributed by atoms with E-state index in [0.717, 1.165) is 23.1 Å². The van der Waals surface area contributed by atoms with E-state index in [2.05, 4.69) is 4.98 Å². The van der Waals surface area contributed by atoms with Gasteiger partial charge in [-0.2, -0.15) is 0 Å². The molecule has 1 aliphatic rings. The molecule has 0 radical (unpaired) electrons. The Bertz CT molecular complexity index is 607. The van der Waals surface area contributed by atoms with Gasteiger partial charge in [-0.25, -0.2) is 0 Å². The van der Waals surface area contributed by atoms with Gasteiger partial charge in [0.2, 0.25) is 0 Å². The molecule has 0 aliphatic heterocycles. The quantitative estimate of drug-likeness (QED) is 0.895. The number of rotatable bonds is 2. The summed E-state index contributed by atoms with van der Waals surface area (Å²) in [6.45, 7) is 0. The van der Waals surface area contributed by atoms with Crippen LogP contribution in [0.3, 0.4) is 0 Å². The lowest BCUT2D eigenvalue weighted by molar-refractivity contribution is -0.120. The highest BCUT2D eigenvalue weighted by Gasteiger charge is 2.27. The first kappa shape index (κ1) is 11.9. The van der Waals surface area contributed by atoms with Crippen LogP contribution in [0.4, 0.5) is 0 Å². The van der Waals surface area contributed by atoms with Crippen molar-refractivity contribution >= 4 is 5.78 Å². The van der Waals surface area contributed by atoms with Gasteiger partial charge in [0, 0.05) is 24.7 Å². The molecule has 1 aliphatic carbocycles. The summed E-state index contributed by atoms with van der Waals surface area (Å²) in [5.41, 5.74) is 3.22. The molecule has 1 N–H and O–H groups in total. The monoisotopic (exact) mass is 253 g/mol. The molecule has 0 saturated carbocycles. The van der Waals surface area contributed by atoms with Crippen LogP contribution in [0.5, 0.6) is 5.75 Å². The van der Waals surface area contributed by atoms with Crippen molar-refractivity contribution < 1.29 is 9.90 Å². The zero-order valence-electron chi connectivity index (χ0n) is 10.5. The Labute approximate surface area is 111 Å². The first-order valence-corrected chi connectivity index (χ1v) is 6.47. The molecule has 0 amide bonds. The normalized spacial score (nSPS) is 18.1. The second-order valence-corrected chi connectivity index (χ2v) is 4.97. The number of nitrogens with zero attached hydrogens (tertiary/aromatic N) is 1. The molecule has 3 heteroatoms. The van der Waals surface area contributed by atoms with Crippen molar-refractivity contribution in [3.05, 3.63) is 59.4 Å². The van der Waals surface area contributed by atoms with E-state index < -0.39 is 0 Å². The third-order valence-corrected chi connectivity index (χ3v) is 3.69. The number of aromatic hydroxyl groups is 1. The standard InChI is InChI=1S/C16H15NO2/c18-13-4-5-14-12(9-13)3-6-16(19)15(14)8-11-2-1-7-17-10-11/h1-2,4-5,7,9-10,15,18H,3,6,8H2. The minimum Gasteiger partial charge on any atom is -0.508 e. The van der Waals surface area contributed by atoms with Gasteiger partial charge in [-0.3, -0.25) is 9.78 Å². The molecule has 0 saturated heterocycles. The Balaban J connectivity index is 1.95. The molecule has 1 aromatic heterocycles. The highest BCUT2D eigenvalue weighted by molar-refractivity contribution is 5.88. The largest absolute Gasteiger partial charge is 0.508 e. The third-order valence-electron chi connectivity index (χ3n) is 3.69. The number of benzene rings is 1. The zero-order chi connectivity index (χ0) is 13.2. The Morgan fingerprint density at radius 3 is 2.95 bits per heavy atom. The molecule has 19 heavy (non-hydrogen) atoms. The smallest absolute Gasteiger partial charge is 0.141 e. The van der Waals surface area contributed by atoms with Crippen LogP contribution in [-0.2, 0) is 17.6 Å². The number of carbonyl (C=O) groups excluding carboxylic acids is 1. The SMILES string of the molecule is O=C1CCc2cc(O)ccc2C1Cc1cccnc1. The Morgan fingerprint density at radius 2 is 2.16 bits per heavy atom. The molecule has 0 spiro atoms. The van der Waals surface area contributed by atoms with E-state index in [1.54, 1.807) is 18.3 Å². The molecular weight excluding hydrogens is 238 g/mol. The molecular formula is C16H15NO2. The Morgan fingerprint density at radius 1 is 1.26 bits per heavy atom. The molecule has 0 fully saturated rings. The maximum absolute atomic E-state index is 12.2. The summed E-state index contributed by atoms with van der Waals surface area (Å²) in [5.74, 6) is 0.448. The van der Waals surface area contributed by atoms with E-state index in [-0.39, 0.29) is 17.5 Å². The van der Waals surface area contributed by atoms with Gasteiger partial charge in [0.15, 0.2) is 0 Å². The Hall–Kier alpha value is -2.16. The van der Waals surface area contributed by atoms with Crippen molar-refractivity contribution in [2.75, 3.05) is 0 Å². The number of hydrogen-bond donors (Lipinski definition) is 1. The number of Topliss-reactive ketones (excluding diaryl/α,β-unsaturated/α-hetero) is 1. The number of carbonyl (C=O) groups is 1. The van der Waals surface area contributed by atoms with Crippen molar-refractivity contribution in [1.29, 1.82) is 0 Å². The molecule has 3 rings (SSSR count). The summed E-state index contributed by atoms with van der Waals surface area (Å²) < 4.78 is 0. The van der Waals surface area contributed by atoms with Crippen LogP contribution in [-0.4, -0.2) is 15.9 Å². The molecule has 3 nitrogen and oxygen atoms in total. The van der Waals surface area contributed by atoms with Crippen LogP contribution in [0, 0.1) is 0 Å². The number of ketones is 1. The molecule has 1 atom stereocenters. The fourth-order valence-corrected chi connectivity index (χ4v) is 2.73. The summed E-state index contributed by atoms with van der Waals surface area (Å²) in [7, 11) is 0. The first-order chi connectivity index (χ1) is 9.24. The predicted molar refractivity (Wildman–Crippen MR) is 72.1 cm³/mol. The lowest BCUT2D eigenvalue weighted by Gasteiger charge is -2.24. The van der Waals surface area contributed by atoms with Crippen LogP contribution in [0.2, 0.25) is 0 Å². The third kappa shape index (κ3) is 2.36. The van der Waals surface area contributed by atoms with Crippen LogP contribution in [0.15, 0.2) is 42.7 Å². The van der Waals surface area contributed by atoms with Crippen molar-refractivity contribution in [3.63, 3.8) is 0 Å². The van der Waals surface area contributed by atoms with Gasteiger partial charge >= 0.3 is 0 Å². The van der Waals surface area contributed by atoms with E-state index in [0.29, 0.717) is 12.8 Å². The van der Waals surface area contributed by atoms with E-state index in [4.69, 9.17) is 0 Å². The van der Waals surface area contributed by atoms with Crippen LogP contribution < -0.4 is 0 Å².